The van der Waals surface area contributed by atoms with Gasteiger partial charge >= 0.3 is 23.9 Å². The molecule has 0 aliphatic rings. The third kappa shape index (κ3) is 30.8. The lowest BCUT2D eigenvalue weighted by atomic mass is 9.99. The average molecular weight is 1200 g/mol. The molecule has 0 aromatic rings. The molecule has 0 bridgehead atoms. The van der Waals surface area contributed by atoms with Crippen LogP contribution in [0.25, 0.3) is 0 Å². The van der Waals surface area contributed by atoms with Gasteiger partial charge in [-0.3, -0.25) is 67.1 Å². The second-order valence-electron chi connectivity index (χ2n) is 21.3. The van der Waals surface area contributed by atoms with Crippen molar-refractivity contribution in [3.05, 3.63) is 0 Å². The molecule has 0 unspecified atom stereocenters. The lowest BCUT2D eigenvalue weighted by molar-refractivity contribution is -0.144. The zero-order valence-corrected chi connectivity index (χ0v) is 48.4. The van der Waals surface area contributed by atoms with Gasteiger partial charge in [0.15, 0.2) is 0 Å². The van der Waals surface area contributed by atoms with E-state index in [4.69, 9.17) is 28.0 Å². The van der Waals surface area contributed by atoms with Gasteiger partial charge in [-0.05, 0) is 89.0 Å². The summed E-state index contributed by atoms with van der Waals surface area (Å²) < 4.78 is 0. The Morgan fingerprint density at radius 1 is 0.381 bits per heavy atom. The Morgan fingerprint density at radius 2 is 0.714 bits per heavy atom. The molecule has 0 spiro atoms. The molecule has 84 heavy (non-hydrogen) atoms. The number of carboxylic acids is 4. The van der Waals surface area contributed by atoms with Crippen LogP contribution in [0.3, 0.4) is 0 Å². The number of carbonyl (C=O) groups excluding carboxylic acids is 11. The van der Waals surface area contributed by atoms with Gasteiger partial charge in [0.2, 0.25) is 65.0 Å². The zero-order chi connectivity index (χ0) is 64.7. The van der Waals surface area contributed by atoms with Crippen LogP contribution in [0.1, 0.15) is 138 Å². The largest absolute Gasteiger partial charge is 0.481 e. The number of primary amides is 2. The van der Waals surface area contributed by atoms with Gasteiger partial charge in [-0.1, -0.05) is 41.5 Å². The minimum atomic E-state index is -2.11. The fraction of sp³-hybridized carbons (Fsp3) is 0.706. The number of aliphatic hydroxyl groups excluding tert-OH is 1. The van der Waals surface area contributed by atoms with E-state index in [1.807, 2.05) is 0 Å². The molecular weight excluding hydrogens is 1110 g/mol. The van der Waals surface area contributed by atoms with E-state index >= 15 is 0 Å². The van der Waals surface area contributed by atoms with Crippen molar-refractivity contribution in [2.45, 2.75) is 205 Å². The van der Waals surface area contributed by atoms with E-state index in [1.165, 1.54) is 0 Å². The van der Waals surface area contributed by atoms with Crippen LogP contribution in [-0.2, 0) is 71.9 Å². The summed E-state index contributed by atoms with van der Waals surface area (Å²) in [5, 5.41) is 69.2. The van der Waals surface area contributed by atoms with Crippen molar-refractivity contribution in [2.75, 3.05) is 6.54 Å². The first kappa shape index (κ1) is 75.9. The number of carboxylic acid groups (broad SMARTS) is 4. The van der Waals surface area contributed by atoms with Crippen LogP contribution >= 0.6 is 0 Å². The van der Waals surface area contributed by atoms with Gasteiger partial charge in [0.1, 0.15) is 54.4 Å². The van der Waals surface area contributed by atoms with Crippen LogP contribution < -0.4 is 70.8 Å². The SMILES string of the molecule is CC(C)C[C@H](NC(=O)[C@H](CCCCN)NC(=O)[C@H](CCC(N)=O)NC(=O)[C@H](CC(N)=O)NC(=O)[C@@H](NC(=O)[C@H](CCC(=O)O)NC(=O)[C@H](CCC(=O)O)NC(=O)[C@H](CC(C)C)NC(=O)[C@@H](N)CCC(=O)O)[C@@H](C)O)C(=O)N[C@H](C(=O)O)C(C)C. The summed E-state index contributed by atoms with van der Waals surface area (Å²) in [6.07, 6.45) is -7.40. The molecule has 0 saturated carbocycles. The van der Waals surface area contributed by atoms with Gasteiger partial charge in [0.25, 0.3) is 0 Å². The molecule has 0 aromatic heterocycles. The highest BCUT2D eigenvalue weighted by atomic mass is 16.4. The van der Waals surface area contributed by atoms with E-state index in [-0.39, 0.29) is 50.5 Å². The van der Waals surface area contributed by atoms with Gasteiger partial charge in [0, 0.05) is 25.7 Å². The van der Waals surface area contributed by atoms with E-state index < -0.39 is 213 Å². The number of nitrogens with two attached hydrogens (primary N) is 4. The number of aliphatic hydroxyl groups is 1. The monoisotopic (exact) mass is 1200 g/mol. The molecule has 0 saturated heterocycles. The molecule has 11 amide bonds. The Morgan fingerprint density at radius 3 is 1.08 bits per heavy atom. The van der Waals surface area contributed by atoms with Gasteiger partial charge in [0.05, 0.1) is 18.6 Å². The lowest BCUT2D eigenvalue weighted by Gasteiger charge is -2.29. The Balaban J connectivity index is 6.95. The lowest BCUT2D eigenvalue weighted by Crippen LogP contribution is -2.62. The highest BCUT2D eigenvalue weighted by molar-refractivity contribution is 6.00. The second kappa shape index (κ2) is 38.7. The van der Waals surface area contributed by atoms with Crippen molar-refractivity contribution in [3.8, 4) is 0 Å². The Bertz CT molecular complexity index is 2320. The van der Waals surface area contributed by atoms with Crippen LogP contribution in [-0.4, -0.2) is 187 Å². The number of hydrogen-bond acceptors (Lipinski definition) is 18. The molecule has 0 fully saturated rings. The van der Waals surface area contributed by atoms with Gasteiger partial charge in [-0.25, -0.2) is 4.79 Å². The smallest absolute Gasteiger partial charge is 0.326 e. The molecule has 22 N–H and O–H groups in total. The summed E-state index contributed by atoms with van der Waals surface area (Å²) in [6.45, 7) is 11.0. The number of carbonyl (C=O) groups is 15. The molecule has 33 heteroatoms. The summed E-state index contributed by atoms with van der Waals surface area (Å²) in [5.41, 5.74) is 22.3. The van der Waals surface area contributed by atoms with Crippen LogP contribution in [0.4, 0.5) is 0 Å². The zero-order valence-electron chi connectivity index (χ0n) is 48.4. The Kier molecular flexibility index (Phi) is 34.9. The predicted octanol–water partition coefficient (Wildman–Crippen LogP) is -5.25. The topological polar surface area (TPSA) is 570 Å². The first-order valence-electron chi connectivity index (χ1n) is 27.3. The Labute approximate surface area is 485 Å². The van der Waals surface area contributed by atoms with Crippen molar-refractivity contribution in [2.24, 2.45) is 40.7 Å². The maximum absolute atomic E-state index is 14.0. The summed E-state index contributed by atoms with van der Waals surface area (Å²) in [7, 11) is 0. The molecule has 0 aromatic carbocycles. The number of aliphatic carboxylic acids is 4. The van der Waals surface area contributed by atoms with E-state index in [0.717, 1.165) is 6.92 Å². The molecule has 0 radical (unpaired) electrons. The van der Waals surface area contributed by atoms with Crippen LogP contribution in [0, 0.1) is 17.8 Å². The fourth-order valence-electron chi connectivity index (χ4n) is 7.94. The highest BCUT2D eigenvalue weighted by Gasteiger charge is 2.38. The van der Waals surface area contributed by atoms with E-state index in [0.29, 0.717) is 6.42 Å². The highest BCUT2D eigenvalue weighted by Crippen LogP contribution is 2.13. The molecule has 0 aliphatic heterocycles. The normalized spacial score (nSPS) is 15.1. The van der Waals surface area contributed by atoms with Gasteiger partial charge in [-0.2, -0.15) is 0 Å². The summed E-state index contributed by atoms with van der Waals surface area (Å²) in [5.74, 6) is -19.0. The molecular formula is C51H87N13O20. The van der Waals surface area contributed by atoms with Crippen molar-refractivity contribution in [3.63, 3.8) is 0 Å². The third-order valence-corrected chi connectivity index (χ3v) is 12.5. The average Bonchev–Trinajstić information content (AvgIpc) is 3.57. The molecule has 0 aliphatic carbocycles. The van der Waals surface area contributed by atoms with E-state index in [2.05, 4.69) is 47.9 Å². The number of unbranched alkanes of at least 4 members (excludes halogenated alkanes) is 1. The standard InChI is InChI=1S/C51H87N13O20/c1-23(2)20-32(60-42(74)27(53)11-16-37(68)69)47(79)59-30(13-17-38(70)71)45(77)57-31(14-18-39(72)73)46(78)64-41(26(7)65)50(82)62-34(22-36(55)67)48(80)58-29(12-15-35(54)66)44(76)56-28(10-8-9-19-52)43(75)61-33(21-24(3)4)49(81)63-40(25(5)6)51(83)84/h23-34,40-41,65H,8-22,52-53H2,1-7H3,(H2,54,66)(H2,55,67)(H,56,76)(H,57,77)(H,58,80)(H,59,79)(H,60,74)(H,61,75)(H,62,82)(H,63,81)(H,64,78)(H,68,69)(H,70,71)(H,72,73)(H,83,84)/t26-,27+,28+,29+,30+,31+,32+,33+,34+,40+,41+/m1/s1. The molecule has 11 atom stereocenters. The van der Waals surface area contributed by atoms with Gasteiger partial charge < -0.3 is 96.3 Å². The Hall–Kier alpha value is -8.07. The van der Waals surface area contributed by atoms with Crippen LogP contribution in [0.5, 0.6) is 0 Å². The first-order valence-corrected chi connectivity index (χ1v) is 27.3. The maximum Gasteiger partial charge on any atom is 0.326 e. The number of nitrogens with one attached hydrogen (secondary N) is 9. The molecule has 33 nitrogen and oxygen atoms in total. The van der Waals surface area contributed by atoms with Crippen molar-refractivity contribution < 1.29 is 97.5 Å². The summed E-state index contributed by atoms with van der Waals surface area (Å²) in [4.78, 5) is 194. The minimum Gasteiger partial charge on any atom is -0.481 e. The van der Waals surface area contributed by atoms with Crippen LogP contribution in [0.2, 0.25) is 0 Å². The molecule has 0 heterocycles. The first-order chi connectivity index (χ1) is 39.0. The van der Waals surface area contributed by atoms with E-state index in [1.54, 1.807) is 41.5 Å². The second-order valence-corrected chi connectivity index (χ2v) is 21.3. The van der Waals surface area contributed by atoms with Crippen LogP contribution in [0.15, 0.2) is 0 Å². The van der Waals surface area contributed by atoms with Crippen molar-refractivity contribution >= 4 is 88.9 Å². The fourth-order valence-corrected chi connectivity index (χ4v) is 7.94. The molecule has 0 rings (SSSR count). The van der Waals surface area contributed by atoms with Crippen molar-refractivity contribution in [1.82, 2.24) is 47.9 Å². The molecule has 476 valence electrons. The van der Waals surface area contributed by atoms with Gasteiger partial charge in [-0.15, -0.1) is 0 Å². The maximum atomic E-state index is 14.0. The van der Waals surface area contributed by atoms with Crippen molar-refractivity contribution in [1.29, 1.82) is 0 Å². The summed E-state index contributed by atoms with van der Waals surface area (Å²) >= 11 is 0. The number of amides is 11. The summed E-state index contributed by atoms with van der Waals surface area (Å²) in [6, 6.07) is -16.5. The number of rotatable bonds is 43. The quantitative estimate of drug-likeness (QED) is 0.0254. The third-order valence-electron chi connectivity index (χ3n) is 12.5. The predicted molar refractivity (Wildman–Crippen MR) is 294 cm³/mol. The van der Waals surface area contributed by atoms with E-state index in [9.17, 15) is 92.3 Å². The minimum absolute atomic E-state index is 0.0248. The number of hydrogen-bond donors (Lipinski definition) is 18.